The van der Waals surface area contributed by atoms with Gasteiger partial charge < -0.3 is 10.6 Å². The van der Waals surface area contributed by atoms with Gasteiger partial charge in [-0.1, -0.05) is 36.4 Å². The Hall–Kier alpha value is -2.62. The van der Waals surface area contributed by atoms with Crippen LogP contribution in [0.5, 0.6) is 0 Å². The molecule has 2 N–H and O–H groups in total. The van der Waals surface area contributed by atoms with Crippen molar-refractivity contribution in [3.05, 3.63) is 76.6 Å². The van der Waals surface area contributed by atoms with Crippen molar-refractivity contribution in [1.82, 2.24) is 10.6 Å². The third-order valence-corrected chi connectivity index (χ3v) is 4.34. The van der Waals surface area contributed by atoms with Gasteiger partial charge in [0.1, 0.15) is 5.82 Å². The molecule has 1 atom stereocenters. The Kier molecular flexibility index (Phi) is 2.96. The summed E-state index contributed by atoms with van der Waals surface area (Å²) >= 11 is 0. The highest BCUT2D eigenvalue weighted by molar-refractivity contribution is 5.91. The number of hydrogen-bond donors (Lipinski definition) is 2. The van der Waals surface area contributed by atoms with Crippen molar-refractivity contribution in [3.8, 4) is 0 Å². The average molecular weight is 294 g/mol. The van der Waals surface area contributed by atoms with Crippen LogP contribution >= 0.6 is 0 Å². The van der Waals surface area contributed by atoms with E-state index >= 15 is 0 Å². The van der Waals surface area contributed by atoms with Crippen LogP contribution in [0.2, 0.25) is 0 Å². The number of halogens is 1. The molecule has 2 amide bonds. The minimum atomic E-state index is -0.271. The number of aryl methyl sites for hydroxylation is 1. The number of amides is 2. The zero-order valence-corrected chi connectivity index (χ0v) is 11.9. The number of nitrogens with one attached hydrogen (secondary N) is 2. The molecule has 22 heavy (non-hydrogen) atoms. The monoisotopic (exact) mass is 294 g/mol. The van der Waals surface area contributed by atoms with E-state index in [-0.39, 0.29) is 17.9 Å². The van der Waals surface area contributed by atoms with Crippen LogP contribution in [0.1, 0.15) is 29.2 Å². The molecule has 4 heteroatoms. The fourth-order valence-electron chi connectivity index (χ4n) is 3.29. The third kappa shape index (κ3) is 2.08. The predicted molar refractivity (Wildman–Crippen MR) is 82.5 cm³/mol. The van der Waals surface area contributed by atoms with Gasteiger partial charge in [-0.2, -0.15) is 0 Å². The fourth-order valence-corrected chi connectivity index (χ4v) is 3.29. The van der Waals surface area contributed by atoms with Crippen molar-refractivity contribution in [3.63, 3.8) is 0 Å². The van der Waals surface area contributed by atoms with Gasteiger partial charge in [0.05, 0.1) is 11.7 Å². The van der Waals surface area contributed by atoms with Gasteiger partial charge in [-0.15, -0.1) is 0 Å². The number of fused-ring (bicyclic) bond motifs is 2. The molecule has 1 aliphatic carbocycles. The van der Waals surface area contributed by atoms with E-state index in [9.17, 15) is 9.18 Å². The minimum absolute atomic E-state index is 0.197. The first-order valence-electron chi connectivity index (χ1n) is 7.36. The maximum Gasteiger partial charge on any atom is 0.319 e. The standard InChI is InChI=1S/C18H15FN2O/c19-13-8-5-12(6-9-13)16-15-10-7-11-3-1-2-4-14(11)17(15)21-18(22)20-16/h1-6,8-9,16H,7,10H2,(H2,20,21,22). The first kappa shape index (κ1) is 13.1. The Bertz CT molecular complexity index is 780. The summed E-state index contributed by atoms with van der Waals surface area (Å²) in [4.78, 5) is 12.0. The number of benzene rings is 2. The van der Waals surface area contributed by atoms with Gasteiger partial charge in [0.15, 0.2) is 0 Å². The first-order chi connectivity index (χ1) is 10.7. The normalized spacial score (nSPS) is 19.9. The molecular weight excluding hydrogens is 279 g/mol. The largest absolute Gasteiger partial charge is 0.327 e. The van der Waals surface area contributed by atoms with Crippen molar-refractivity contribution in [2.75, 3.05) is 0 Å². The smallest absolute Gasteiger partial charge is 0.319 e. The molecule has 2 aromatic carbocycles. The predicted octanol–water partition coefficient (Wildman–Crippen LogP) is 3.54. The topological polar surface area (TPSA) is 41.1 Å². The molecule has 4 rings (SSSR count). The third-order valence-electron chi connectivity index (χ3n) is 4.34. The zero-order chi connectivity index (χ0) is 15.1. The average Bonchev–Trinajstić information content (AvgIpc) is 2.55. The van der Waals surface area contributed by atoms with Gasteiger partial charge in [-0.3, -0.25) is 0 Å². The molecule has 0 saturated heterocycles. The molecule has 2 aromatic rings. The summed E-state index contributed by atoms with van der Waals surface area (Å²) in [6.07, 6.45) is 1.83. The van der Waals surface area contributed by atoms with E-state index < -0.39 is 0 Å². The van der Waals surface area contributed by atoms with Crippen molar-refractivity contribution in [1.29, 1.82) is 0 Å². The summed E-state index contributed by atoms with van der Waals surface area (Å²) in [7, 11) is 0. The van der Waals surface area contributed by atoms with Gasteiger partial charge in [0.25, 0.3) is 0 Å². The van der Waals surface area contributed by atoms with E-state index in [2.05, 4.69) is 16.7 Å². The summed E-state index contributed by atoms with van der Waals surface area (Å²) in [5, 5.41) is 5.89. The lowest BCUT2D eigenvalue weighted by Gasteiger charge is -2.34. The number of rotatable bonds is 1. The van der Waals surface area contributed by atoms with Gasteiger partial charge in [0, 0.05) is 5.56 Å². The van der Waals surface area contributed by atoms with Gasteiger partial charge in [-0.05, 0) is 41.7 Å². The summed E-state index contributed by atoms with van der Waals surface area (Å²) < 4.78 is 13.1. The number of hydrogen-bond acceptors (Lipinski definition) is 1. The molecule has 0 saturated carbocycles. The fraction of sp³-hybridized carbons (Fsp3) is 0.167. The lowest BCUT2D eigenvalue weighted by atomic mass is 9.83. The van der Waals surface area contributed by atoms with E-state index in [0.29, 0.717) is 0 Å². The molecule has 0 fully saturated rings. The maximum atomic E-state index is 13.1. The number of carbonyl (C=O) groups excluding carboxylic acids is 1. The second kappa shape index (κ2) is 4.98. The first-order valence-corrected chi connectivity index (χ1v) is 7.36. The highest BCUT2D eigenvalue weighted by atomic mass is 19.1. The van der Waals surface area contributed by atoms with Crippen LogP contribution in [0.25, 0.3) is 5.70 Å². The van der Waals surface area contributed by atoms with Crippen LogP contribution in [0.15, 0.2) is 54.1 Å². The van der Waals surface area contributed by atoms with Crippen LogP contribution in [-0.2, 0) is 6.42 Å². The second-order valence-corrected chi connectivity index (χ2v) is 5.64. The molecule has 1 heterocycles. The summed E-state index contributed by atoms with van der Waals surface area (Å²) in [5.74, 6) is -0.271. The summed E-state index contributed by atoms with van der Waals surface area (Å²) in [5.41, 5.74) is 5.31. The van der Waals surface area contributed by atoms with Crippen LogP contribution in [-0.4, -0.2) is 6.03 Å². The Labute approximate surface area is 127 Å². The van der Waals surface area contributed by atoms with E-state index in [1.165, 1.54) is 17.7 Å². The molecule has 1 unspecified atom stereocenters. The highest BCUT2D eigenvalue weighted by Crippen LogP contribution is 2.38. The second-order valence-electron chi connectivity index (χ2n) is 5.64. The lowest BCUT2D eigenvalue weighted by molar-refractivity contribution is 0.240. The van der Waals surface area contributed by atoms with Crippen molar-refractivity contribution in [2.45, 2.75) is 18.9 Å². The molecule has 110 valence electrons. The molecular formula is C18H15FN2O. The SMILES string of the molecule is O=C1NC2=C(CCc3ccccc32)C(c2ccc(F)cc2)N1. The quantitative estimate of drug-likeness (QED) is 0.830. The van der Waals surface area contributed by atoms with Crippen molar-refractivity contribution in [2.24, 2.45) is 0 Å². The lowest BCUT2D eigenvalue weighted by Crippen LogP contribution is -2.44. The minimum Gasteiger partial charge on any atom is -0.327 e. The summed E-state index contributed by atoms with van der Waals surface area (Å²) in [6.45, 7) is 0. The Balaban J connectivity index is 1.84. The van der Waals surface area contributed by atoms with Crippen LogP contribution in [0.4, 0.5) is 9.18 Å². The van der Waals surface area contributed by atoms with Gasteiger partial charge in [0.2, 0.25) is 0 Å². The molecule has 0 radical (unpaired) electrons. The highest BCUT2D eigenvalue weighted by Gasteiger charge is 2.31. The maximum absolute atomic E-state index is 13.1. The molecule has 0 bridgehead atoms. The molecule has 1 aliphatic heterocycles. The zero-order valence-electron chi connectivity index (χ0n) is 11.9. The molecule has 2 aliphatic rings. The Morgan fingerprint density at radius 3 is 2.59 bits per heavy atom. The summed E-state index contributed by atoms with van der Waals surface area (Å²) in [6, 6.07) is 14.1. The molecule has 0 aromatic heterocycles. The Morgan fingerprint density at radius 1 is 1.00 bits per heavy atom. The molecule has 0 spiro atoms. The van der Waals surface area contributed by atoms with Crippen molar-refractivity contribution >= 4 is 11.7 Å². The van der Waals surface area contributed by atoms with Crippen LogP contribution in [0.3, 0.4) is 0 Å². The van der Waals surface area contributed by atoms with Crippen LogP contribution in [0, 0.1) is 5.82 Å². The van der Waals surface area contributed by atoms with Gasteiger partial charge in [-0.25, -0.2) is 9.18 Å². The van der Waals surface area contributed by atoms with E-state index in [1.54, 1.807) is 12.1 Å². The van der Waals surface area contributed by atoms with Crippen molar-refractivity contribution < 1.29 is 9.18 Å². The van der Waals surface area contributed by atoms with E-state index in [1.807, 2.05) is 18.2 Å². The number of carbonyl (C=O) groups is 1. The number of urea groups is 1. The Morgan fingerprint density at radius 2 is 1.77 bits per heavy atom. The van der Waals surface area contributed by atoms with Crippen LogP contribution < -0.4 is 10.6 Å². The van der Waals surface area contributed by atoms with Gasteiger partial charge >= 0.3 is 6.03 Å². The van der Waals surface area contributed by atoms with E-state index in [4.69, 9.17) is 0 Å². The van der Waals surface area contributed by atoms with E-state index in [0.717, 1.165) is 35.2 Å². The molecule has 3 nitrogen and oxygen atoms in total.